The van der Waals surface area contributed by atoms with Gasteiger partial charge < -0.3 is 4.74 Å². The number of ether oxygens (including phenoxy) is 1. The number of carbonyl (C=O) groups excluding carboxylic acids is 1. The third-order valence-corrected chi connectivity index (χ3v) is 2.76. The van der Waals surface area contributed by atoms with Gasteiger partial charge in [-0.3, -0.25) is 0 Å². The number of fused-ring (bicyclic) bond motifs is 1. The van der Waals surface area contributed by atoms with Crippen LogP contribution >= 0.6 is 11.6 Å². The van der Waals surface area contributed by atoms with Gasteiger partial charge in [-0.1, -0.05) is 35.9 Å². The van der Waals surface area contributed by atoms with E-state index in [1.54, 1.807) is 12.1 Å². The molecule has 0 saturated heterocycles. The molecule has 0 radical (unpaired) electrons. The molecule has 0 aliphatic rings. The summed E-state index contributed by atoms with van der Waals surface area (Å²) >= 11 is 6.09. The number of carbonyl (C=O) groups is 1. The minimum absolute atomic E-state index is 0.128. The summed E-state index contributed by atoms with van der Waals surface area (Å²) < 4.78 is 5.20. The van der Waals surface area contributed by atoms with Crippen LogP contribution in [0.25, 0.3) is 10.8 Å². The number of rotatable bonds is 2. The molecule has 0 bridgehead atoms. The predicted octanol–water partition coefficient (Wildman–Crippen LogP) is 4.06. The summed E-state index contributed by atoms with van der Waals surface area (Å²) in [6.45, 7) is 3.66. The highest BCUT2D eigenvalue weighted by molar-refractivity contribution is 6.36. The third-order valence-electron chi connectivity index (χ3n) is 2.43. The van der Waals surface area contributed by atoms with Crippen LogP contribution in [0.2, 0.25) is 5.02 Å². The summed E-state index contributed by atoms with van der Waals surface area (Å²) in [5, 5.41) is 2.33. The van der Waals surface area contributed by atoms with E-state index in [-0.39, 0.29) is 12.1 Å². The molecule has 0 aliphatic heterocycles. The molecule has 0 amide bonds. The van der Waals surface area contributed by atoms with Crippen molar-refractivity contribution >= 4 is 28.3 Å². The number of hydrogen-bond donors (Lipinski definition) is 0. The molecule has 3 heteroatoms. The van der Waals surface area contributed by atoms with Crippen molar-refractivity contribution in [3.8, 4) is 0 Å². The Morgan fingerprint density at radius 3 is 2.47 bits per heavy atom. The van der Waals surface area contributed by atoms with E-state index in [1.165, 1.54) is 0 Å². The van der Waals surface area contributed by atoms with Gasteiger partial charge in [-0.15, -0.1) is 0 Å². The number of benzene rings is 2. The van der Waals surface area contributed by atoms with E-state index in [0.29, 0.717) is 10.6 Å². The van der Waals surface area contributed by atoms with E-state index in [4.69, 9.17) is 16.3 Å². The van der Waals surface area contributed by atoms with Crippen molar-refractivity contribution in [2.24, 2.45) is 0 Å². The largest absolute Gasteiger partial charge is 0.459 e. The second-order valence-corrected chi connectivity index (χ2v) is 4.50. The van der Waals surface area contributed by atoms with Crippen molar-refractivity contribution in [2.75, 3.05) is 0 Å². The van der Waals surface area contributed by atoms with Gasteiger partial charge in [0.1, 0.15) is 0 Å². The molecule has 17 heavy (non-hydrogen) atoms. The van der Waals surface area contributed by atoms with Crippen LogP contribution in [0.15, 0.2) is 36.4 Å². The smallest absolute Gasteiger partial charge is 0.339 e. The molecular formula is C14H13ClO2. The second kappa shape index (κ2) is 4.76. The molecule has 0 aromatic heterocycles. The molecule has 0 aliphatic carbocycles. The maximum Gasteiger partial charge on any atom is 0.339 e. The normalized spacial score (nSPS) is 10.8. The first-order chi connectivity index (χ1) is 8.09. The fourth-order valence-electron chi connectivity index (χ4n) is 1.73. The van der Waals surface area contributed by atoms with Gasteiger partial charge in [0.05, 0.1) is 11.7 Å². The van der Waals surface area contributed by atoms with Crippen LogP contribution < -0.4 is 0 Å². The number of halogens is 1. The van der Waals surface area contributed by atoms with Gasteiger partial charge in [0.2, 0.25) is 0 Å². The maximum atomic E-state index is 11.9. The average molecular weight is 249 g/mol. The topological polar surface area (TPSA) is 26.3 Å². The number of hydrogen-bond acceptors (Lipinski definition) is 2. The van der Waals surface area contributed by atoms with Gasteiger partial charge in [0.25, 0.3) is 0 Å². The molecule has 0 unspecified atom stereocenters. The highest BCUT2D eigenvalue weighted by Gasteiger charge is 2.13. The quantitative estimate of drug-likeness (QED) is 0.750. The lowest BCUT2D eigenvalue weighted by molar-refractivity contribution is 0.0380. The van der Waals surface area contributed by atoms with Crippen molar-refractivity contribution in [3.63, 3.8) is 0 Å². The lowest BCUT2D eigenvalue weighted by atomic mass is 10.0. The third kappa shape index (κ3) is 2.42. The Morgan fingerprint density at radius 1 is 1.12 bits per heavy atom. The van der Waals surface area contributed by atoms with Crippen molar-refractivity contribution in [3.05, 3.63) is 47.0 Å². The maximum absolute atomic E-state index is 11.9. The van der Waals surface area contributed by atoms with Crippen LogP contribution in [0.4, 0.5) is 0 Å². The van der Waals surface area contributed by atoms with Crippen LogP contribution in [-0.2, 0) is 4.74 Å². The first-order valence-electron chi connectivity index (χ1n) is 5.48. The standard InChI is InChI=1S/C14H13ClO2/c1-9(2)17-14(16)12-7-3-6-11-10(12)5-4-8-13(11)15/h3-9H,1-2H3. The van der Waals surface area contributed by atoms with E-state index in [0.717, 1.165) is 10.8 Å². The lowest BCUT2D eigenvalue weighted by Crippen LogP contribution is -2.11. The van der Waals surface area contributed by atoms with E-state index in [2.05, 4.69) is 0 Å². The van der Waals surface area contributed by atoms with E-state index in [1.807, 2.05) is 38.1 Å². The number of esters is 1. The Labute approximate surface area is 105 Å². The predicted molar refractivity (Wildman–Crippen MR) is 69.5 cm³/mol. The molecule has 0 fully saturated rings. The molecule has 0 spiro atoms. The Hall–Kier alpha value is -1.54. The lowest BCUT2D eigenvalue weighted by Gasteiger charge is -2.10. The van der Waals surface area contributed by atoms with Crippen LogP contribution in [-0.4, -0.2) is 12.1 Å². The highest BCUT2D eigenvalue weighted by atomic mass is 35.5. The van der Waals surface area contributed by atoms with Gasteiger partial charge in [-0.2, -0.15) is 0 Å². The molecule has 0 heterocycles. The fraction of sp³-hybridized carbons (Fsp3) is 0.214. The first kappa shape index (κ1) is 11.9. The van der Waals surface area contributed by atoms with Gasteiger partial charge in [-0.25, -0.2) is 4.79 Å². The van der Waals surface area contributed by atoms with E-state index in [9.17, 15) is 4.79 Å². The van der Waals surface area contributed by atoms with Crippen molar-refractivity contribution in [1.29, 1.82) is 0 Å². The summed E-state index contributed by atoms with van der Waals surface area (Å²) in [6.07, 6.45) is -0.128. The Balaban J connectivity index is 2.55. The average Bonchev–Trinajstić information content (AvgIpc) is 2.28. The zero-order valence-electron chi connectivity index (χ0n) is 9.74. The molecule has 0 N–H and O–H groups in total. The molecule has 0 saturated carbocycles. The summed E-state index contributed by atoms with van der Waals surface area (Å²) in [4.78, 5) is 11.9. The zero-order chi connectivity index (χ0) is 12.4. The molecule has 2 nitrogen and oxygen atoms in total. The molecular weight excluding hydrogens is 236 g/mol. The van der Waals surface area contributed by atoms with Crippen LogP contribution in [0.3, 0.4) is 0 Å². The summed E-state index contributed by atoms with van der Waals surface area (Å²) in [6, 6.07) is 11.0. The van der Waals surface area contributed by atoms with Crippen molar-refractivity contribution < 1.29 is 9.53 Å². The van der Waals surface area contributed by atoms with Gasteiger partial charge in [0.15, 0.2) is 0 Å². The van der Waals surface area contributed by atoms with Crippen molar-refractivity contribution in [2.45, 2.75) is 20.0 Å². The Morgan fingerprint density at radius 2 is 1.76 bits per heavy atom. The first-order valence-corrected chi connectivity index (χ1v) is 5.85. The molecule has 2 aromatic carbocycles. The SMILES string of the molecule is CC(C)OC(=O)c1cccc2c(Cl)cccc12. The van der Waals surface area contributed by atoms with E-state index >= 15 is 0 Å². The minimum atomic E-state index is -0.312. The van der Waals surface area contributed by atoms with Crippen LogP contribution in [0.5, 0.6) is 0 Å². The molecule has 88 valence electrons. The van der Waals surface area contributed by atoms with Gasteiger partial charge in [0, 0.05) is 10.4 Å². The fourth-order valence-corrected chi connectivity index (χ4v) is 1.96. The highest BCUT2D eigenvalue weighted by Crippen LogP contribution is 2.26. The zero-order valence-corrected chi connectivity index (χ0v) is 10.5. The minimum Gasteiger partial charge on any atom is -0.459 e. The van der Waals surface area contributed by atoms with Crippen LogP contribution in [0, 0.1) is 0 Å². The molecule has 2 aromatic rings. The van der Waals surface area contributed by atoms with E-state index < -0.39 is 0 Å². The summed E-state index contributed by atoms with van der Waals surface area (Å²) in [5.74, 6) is -0.312. The monoisotopic (exact) mass is 248 g/mol. The van der Waals surface area contributed by atoms with Crippen LogP contribution in [0.1, 0.15) is 24.2 Å². The molecule has 0 atom stereocenters. The second-order valence-electron chi connectivity index (χ2n) is 4.09. The van der Waals surface area contributed by atoms with Gasteiger partial charge >= 0.3 is 5.97 Å². The molecule has 2 rings (SSSR count). The Kier molecular flexibility index (Phi) is 3.34. The summed E-state index contributed by atoms with van der Waals surface area (Å²) in [5.41, 5.74) is 0.554. The van der Waals surface area contributed by atoms with Crippen molar-refractivity contribution in [1.82, 2.24) is 0 Å². The van der Waals surface area contributed by atoms with Gasteiger partial charge in [-0.05, 0) is 31.4 Å². The Bertz CT molecular complexity index is 561. The summed E-state index contributed by atoms with van der Waals surface area (Å²) in [7, 11) is 0.